The van der Waals surface area contributed by atoms with Gasteiger partial charge in [0.15, 0.2) is 0 Å². The van der Waals surface area contributed by atoms with Gasteiger partial charge in [-0.2, -0.15) is 0 Å². The fraction of sp³-hybridized carbons (Fsp3) is 0.333. The minimum absolute atomic E-state index is 0.212. The molecule has 0 aliphatic heterocycles. The summed E-state index contributed by atoms with van der Waals surface area (Å²) in [6, 6.07) is 14.6. The van der Waals surface area contributed by atoms with Crippen LogP contribution >= 0.6 is 0 Å². The van der Waals surface area contributed by atoms with Crippen LogP contribution in [0.1, 0.15) is 30.5 Å². The third kappa shape index (κ3) is 3.77. The van der Waals surface area contributed by atoms with Gasteiger partial charge in [0.25, 0.3) is 0 Å². The molecule has 0 heterocycles. The molecular formula is C18H23NO. The van der Waals surface area contributed by atoms with Crippen molar-refractivity contribution >= 4 is 5.69 Å². The average Bonchev–Trinajstić information content (AvgIpc) is 2.39. The average molecular weight is 269 g/mol. The zero-order valence-electron chi connectivity index (χ0n) is 12.7. The summed E-state index contributed by atoms with van der Waals surface area (Å²) in [5, 5.41) is 3.47. The summed E-state index contributed by atoms with van der Waals surface area (Å²) < 4.78 is 5.64. The number of aryl methyl sites for hydroxylation is 2. The summed E-state index contributed by atoms with van der Waals surface area (Å²) in [4.78, 5) is 0. The first-order chi connectivity index (χ1) is 9.56. The molecule has 0 spiro atoms. The first-order valence-corrected chi connectivity index (χ1v) is 7.12. The van der Waals surface area contributed by atoms with Crippen molar-refractivity contribution in [3.8, 4) is 5.75 Å². The van der Waals surface area contributed by atoms with Gasteiger partial charge in [-0.05, 0) is 68.7 Å². The third-order valence-electron chi connectivity index (χ3n) is 3.34. The predicted molar refractivity (Wildman–Crippen MR) is 85.4 cm³/mol. The molecule has 0 fully saturated rings. The summed E-state index contributed by atoms with van der Waals surface area (Å²) in [5.74, 6) is 0.914. The largest absolute Gasteiger partial charge is 0.491 e. The molecule has 0 saturated heterocycles. The Morgan fingerprint density at radius 3 is 2.10 bits per heavy atom. The maximum atomic E-state index is 5.64. The van der Waals surface area contributed by atoms with Gasteiger partial charge in [-0.1, -0.05) is 18.2 Å². The Bertz CT molecular complexity index is 538. The summed E-state index contributed by atoms with van der Waals surface area (Å²) in [6.45, 7) is 9.23. The van der Waals surface area contributed by atoms with Gasteiger partial charge in [-0.3, -0.25) is 0 Å². The van der Waals surface area contributed by atoms with Crippen LogP contribution in [0.5, 0.6) is 5.75 Å². The van der Waals surface area contributed by atoms with Gasteiger partial charge in [0.1, 0.15) is 5.75 Å². The van der Waals surface area contributed by atoms with Gasteiger partial charge >= 0.3 is 0 Å². The Hall–Kier alpha value is -1.96. The monoisotopic (exact) mass is 269 g/mol. The highest BCUT2D eigenvalue weighted by molar-refractivity contribution is 5.48. The maximum Gasteiger partial charge on any atom is 0.119 e. The second kappa shape index (κ2) is 6.47. The van der Waals surface area contributed by atoms with E-state index >= 15 is 0 Å². The van der Waals surface area contributed by atoms with Crippen LogP contribution in [0, 0.1) is 13.8 Å². The van der Waals surface area contributed by atoms with Gasteiger partial charge in [0, 0.05) is 12.2 Å². The van der Waals surface area contributed by atoms with Gasteiger partial charge in [-0.25, -0.2) is 0 Å². The molecule has 0 saturated carbocycles. The zero-order valence-corrected chi connectivity index (χ0v) is 12.7. The molecule has 0 aliphatic rings. The number of hydrogen-bond acceptors (Lipinski definition) is 2. The van der Waals surface area contributed by atoms with E-state index in [-0.39, 0.29) is 6.10 Å². The van der Waals surface area contributed by atoms with Crippen LogP contribution in [0.25, 0.3) is 0 Å². The first-order valence-electron chi connectivity index (χ1n) is 7.12. The fourth-order valence-corrected chi connectivity index (χ4v) is 2.24. The summed E-state index contributed by atoms with van der Waals surface area (Å²) in [7, 11) is 0. The molecule has 0 unspecified atom stereocenters. The summed E-state index contributed by atoms with van der Waals surface area (Å²) in [5.41, 5.74) is 5.15. The Balaban J connectivity index is 2.00. The molecule has 106 valence electrons. The van der Waals surface area contributed by atoms with E-state index in [1.807, 2.05) is 26.0 Å². The Morgan fingerprint density at radius 1 is 0.950 bits per heavy atom. The standard InChI is InChI=1S/C18H23NO/c1-13(2)20-17-10-8-16(9-11-17)19-12-18-14(3)6-5-7-15(18)4/h5-11,13,19H,12H2,1-4H3. The second-order valence-electron chi connectivity index (χ2n) is 5.41. The number of anilines is 1. The highest BCUT2D eigenvalue weighted by Gasteiger charge is 2.02. The van der Waals surface area contributed by atoms with E-state index in [0.29, 0.717) is 0 Å². The lowest BCUT2D eigenvalue weighted by molar-refractivity contribution is 0.242. The fourth-order valence-electron chi connectivity index (χ4n) is 2.24. The molecule has 2 aromatic rings. The lowest BCUT2D eigenvalue weighted by atomic mass is 10.0. The van der Waals surface area contributed by atoms with Crippen LogP contribution in [0.2, 0.25) is 0 Å². The molecule has 0 amide bonds. The van der Waals surface area contributed by atoms with Crippen LogP contribution in [-0.2, 0) is 6.54 Å². The molecule has 2 rings (SSSR count). The number of hydrogen-bond donors (Lipinski definition) is 1. The van der Waals surface area contributed by atoms with Crippen LogP contribution in [0.4, 0.5) is 5.69 Å². The SMILES string of the molecule is Cc1cccc(C)c1CNc1ccc(OC(C)C)cc1. The van der Waals surface area contributed by atoms with E-state index < -0.39 is 0 Å². The van der Waals surface area contributed by atoms with Gasteiger partial charge < -0.3 is 10.1 Å². The van der Waals surface area contributed by atoms with Crippen LogP contribution in [-0.4, -0.2) is 6.10 Å². The Morgan fingerprint density at radius 2 is 1.55 bits per heavy atom. The van der Waals surface area contributed by atoms with Gasteiger partial charge in [0.05, 0.1) is 6.10 Å². The second-order valence-corrected chi connectivity index (χ2v) is 5.41. The number of rotatable bonds is 5. The maximum absolute atomic E-state index is 5.64. The van der Waals surface area contributed by atoms with Crippen molar-refractivity contribution in [3.63, 3.8) is 0 Å². The molecule has 2 heteroatoms. The molecule has 0 radical (unpaired) electrons. The molecule has 2 aromatic carbocycles. The van der Waals surface area contributed by atoms with E-state index in [1.54, 1.807) is 0 Å². The Kier molecular flexibility index (Phi) is 4.67. The van der Waals surface area contributed by atoms with Gasteiger partial charge in [0.2, 0.25) is 0 Å². The van der Waals surface area contributed by atoms with Crippen LogP contribution in [0.3, 0.4) is 0 Å². The topological polar surface area (TPSA) is 21.3 Å². The van der Waals surface area contributed by atoms with Crippen molar-refractivity contribution < 1.29 is 4.74 Å². The predicted octanol–water partition coefficient (Wildman–Crippen LogP) is 4.70. The van der Waals surface area contributed by atoms with Gasteiger partial charge in [-0.15, -0.1) is 0 Å². The highest BCUT2D eigenvalue weighted by Crippen LogP contribution is 2.19. The summed E-state index contributed by atoms with van der Waals surface area (Å²) in [6.07, 6.45) is 0.212. The van der Waals surface area contributed by atoms with Crippen LogP contribution < -0.4 is 10.1 Å². The molecule has 20 heavy (non-hydrogen) atoms. The third-order valence-corrected chi connectivity index (χ3v) is 3.34. The molecule has 0 aromatic heterocycles. The highest BCUT2D eigenvalue weighted by atomic mass is 16.5. The first kappa shape index (κ1) is 14.4. The molecular weight excluding hydrogens is 246 g/mol. The van der Waals surface area contributed by atoms with Crippen molar-refractivity contribution in [1.82, 2.24) is 0 Å². The van der Waals surface area contributed by atoms with Crippen molar-refractivity contribution in [2.45, 2.75) is 40.3 Å². The van der Waals surface area contributed by atoms with Crippen molar-refractivity contribution in [2.24, 2.45) is 0 Å². The number of benzene rings is 2. The molecule has 2 nitrogen and oxygen atoms in total. The molecule has 0 bridgehead atoms. The van der Waals surface area contributed by atoms with Crippen LogP contribution in [0.15, 0.2) is 42.5 Å². The molecule has 1 N–H and O–H groups in total. The van der Waals surface area contributed by atoms with E-state index in [0.717, 1.165) is 18.0 Å². The lowest BCUT2D eigenvalue weighted by Crippen LogP contribution is -2.06. The smallest absolute Gasteiger partial charge is 0.119 e. The van der Waals surface area contributed by atoms with Crippen molar-refractivity contribution in [1.29, 1.82) is 0 Å². The number of ether oxygens (including phenoxy) is 1. The Labute approximate surface area is 121 Å². The van der Waals surface area contributed by atoms with Crippen molar-refractivity contribution in [2.75, 3.05) is 5.32 Å². The minimum Gasteiger partial charge on any atom is -0.491 e. The van der Waals surface area contributed by atoms with E-state index in [4.69, 9.17) is 4.74 Å². The normalized spacial score (nSPS) is 10.7. The molecule has 0 atom stereocenters. The lowest BCUT2D eigenvalue weighted by Gasteiger charge is -2.13. The van der Waals surface area contributed by atoms with E-state index in [9.17, 15) is 0 Å². The number of nitrogens with one attached hydrogen (secondary N) is 1. The zero-order chi connectivity index (χ0) is 14.5. The minimum atomic E-state index is 0.212. The quantitative estimate of drug-likeness (QED) is 0.849. The van der Waals surface area contributed by atoms with E-state index in [1.165, 1.54) is 16.7 Å². The van der Waals surface area contributed by atoms with Crippen molar-refractivity contribution in [3.05, 3.63) is 59.2 Å². The molecule has 0 aliphatic carbocycles. The van der Waals surface area contributed by atoms with E-state index in [2.05, 4.69) is 49.5 Å². The summed E-state index contributed by atoms with van der Waals surface area (Å²) >= 11 is 0.